The van der Waals surface area contributed by atoms with Crippen LogP contribution in [-0.2, 0) is 17.9 Å². The van der Waals surface area contributed by atoms with E-state index in [0.717, 1.165) is 11.5 Å². The second-order valence-corrected chi connectivity index (χ2v) is 8.58. The number of carbonyl (C=O) groups excluding carboxylic acids is 1. The lowest BCUT2D eigenvalue weighted by molar-refractivity contribution is -0.189. The number of alkyl halides is 3. The number of hydrogen-bond acceptors (Lipinski definition) is 7. The molecular formula is C24H25ClF3N5O5. The number of aromatic nitrogens is 3. The van der Waals surface area contributed by atoms with Gasteiger partial charge >= 0.3 is 17.6 Å². The molecule has 14 heteroatoms. The largest absolute Gasteiger partial charge is 0.481 e. The summed E-state index contributed by atoms with van der Waals surface area (Å²) in [5.74, 6) is -0.603. The third-order valence-corrected chi connectivity index (χ3v) is 5.54. The van der Waals surface area contributed by atoms with E-state index in [9.17, 15) is 27.6 Å². The molecule has 0 spiro atoms. The van der Waals surface area contributed by atoms with Gasteiger partial charge in [0.25, 0.3) is 0 Å². The van der Waals surface area contributed by atoms with Gasteiger partial charge in [0.2, 0.25) is 11.9 Å². The predicted octanol–water partition coefficient (Wildman–Crippen LogP) is 2.68. The van der Waals surface area contributed by atoms with Gasteiger partial charge in [0, 0.05) is 30.2 Å². The monoisotopic (exact) mass is 555 g/mol. The number of aliphatic hydroxyl groups is 1. The van der Waals surface area contributed by atoms with Crippen LogP contribution in [-0.4, -0.2) is 50.6 Å². The Morgan fingerprint density at radius 2 is 1.76 bits per heavy atom. The molecule has 0 saturated carbocycles. The van der Waals surface area contributed by atoms with Crippen molar-refractivity contribution in [3.63, 3.8) is 0 Å². The molecule has 1 atom stereocenters. The number of nitrogens with one attached hydrogen (secondary N) is 2. The maximum absolute atomic E-state index is 13.3. The highest BCUT2D eigenvalue weighted by Gasteiger charge is 2.38. The number of hydrogen-bond donors (Lipinski definition) is 3. The number of halogens is 4. The van der Waals surface area contributed by atoms with Gasteiger partial charge in [-0.05, 0) is 48.9 Å². The summed E-state index contributed by atoms with van der Waals surface area (Å²) in [5, 5.41) is 14.6. The van der Waals surface area contributed by atoms with Gasteiger partial charge in [-0.25, -0.2) is 14.2 Å². The third kappa shape index (κ3) is 7.83. The first-order valence-corrected chi connectivity index (χ1v) is 11.8. The summed E-state index contributed by atoms with van der Waals surface area (Å²) in [4.78, 5) is 41.8. The Labute approximate surface area is 219 Å². The van der Waals surface area contributed by atoms with Crippen LogP contribution in [0.1, 0.15) is 18.9 Å². The smallest absolute Gasteiger partial charge is 0.425 e. The number of aliphatic hydroxyl groups excluding tert-OH is 1. The first-order chi connectivity index (χ1) is 18.0. The van der Waals surface area contributed by atoms with E-state index in [4.69, 9.17) is 21.4 Å². The van der Waals surface area contributed by atoms with E-state index in [1.165, 1.54) is 28.8 Å². The fourth-order valence-corrected chi connectivity index (χ4v) is 3.37. The average molecular weight is 556 g/mol. The van der Waals surface area contributed by atoms with E-state index < -0.39 is 29.6 Å². The number of anilines is 2. The zero-order valence-corrected chi connectivity index (χ0v) is 20.9. The summed E-state index contributed by atoms with van der Waals surface area (Å²) in [7, 11) is 0. The van der Waals surface area contributed by atoms with Gasteiger partial charge in [-0.15, -0.1) is 0 Å². The Hall–Kier alpha value is -3.84. The Kier molecular flexibility index (Phi) is 9.53. The standard InChI is InChI=1S/C24H25ClF3N5O5/c1-15(24(26,27)28)38-19-8-6-18(7-9-19)30-21-31-22(36)32(12-10-20(35)29-11-13-34)23(37)33(21)14-16-2-4-17(25)5-3-16/h2-9,15,34H,10-14H2,1H3,(H,29,35)(H,30,31,36)/t15-/m1/s1. The van der Waals surface area contributed by atoms with Crippen LogP contribution in [0.4, 0.5) is 24.8 Å². The molecule has 1 amide bonds. The van der Waals surface area contributed by atoms with Crippen molar-refractivity contribution in [2.75, 3.05) is 18.5 Å². The molecule has 38 heavy (non-hydrogen) atoms. The van der Waals surface area contributed by atoms with E-state index in [1.54, 1.807) is 24.3 Å². The van der Waals surface area contributed by atoms with Crippen LogP contribution in [0.25, 0.3) is 0 Å². The van der Waals surface area contributed by atoms with Crippen molar-refractivity contribution in [1.82, 2.24) is 19.4 Å². The van der Waals surface area contributed by atoms with E-state index in [1.807, 2.05) is 0 Å². The maximum Gasteiger partial charge on any atom is 0.425 e. The molecule has 1 heterocycles. The van der Waals surface area contributed by atoms with Crippen molar-refractivity contribution in [2.45, 2.75) is 38.7 Å². The SMILES string of the molecule is C[C@@H](Oc1ccc(Nc2nc(=O)n(CCC(=O)NCCO)c(=O)n2Cc2ccc(Cl)cc2)cc1)C(F)(F)F. The van der Waals surface area contributed by atoms with E-state index in [0.29, 0.717) is 16.3 Å². The second-order valence-electron chi connectivity index (χ2n) is 8.14. The first kappa shape index (κ1) is 28.7. The van der Waals surface area contributed by atoms with Crippen molar-refractivity contribution < 1.29 is 27.8 Å². The number of carbonyl (C=O) groups is 1. The minimum absolute atomic E-state index is 0.00732. The maximum atomic E-state index is 13.3. The van der Waals surface area contributed by atoms with E-state index in [-0.39, 0.29) is 44.4 Å². The average Bonchev–Trinajstić information content (AvgIpc) is 2.86. The Morgan fingerprint density at radius 1 is 1.11 bits per heavy atom. The van der Waals surface area contributed by atoms with Crippen molar-refractivity contribution in [3.05, 3.63) is 80.1 Å². The quantitative estimate of drug-likeness (QED) is 0.332. The molecule has 0 unspecified atom stereocenters. The van der Waals surface area contributed by atoms with Gasteiger partial charge in [0.15, 0.2) is 6.10 Å². The molecular weight excluding hydrogens is 531 g/mol. The van der Waals surface area contributed by atoms with Crippen molar-refractivity contribution in [3.8, 4) is 5.75 Å². The van der Waals surface area contributed by atoms with Crippen LogP contribution in [0.2, 0.25) is 5.02 Å². The number of rotatable bonds is 11. The van der Waals surface area contributed by atoms with E-state index >= 15 is 0 Å². The number of amides is 1. The molecule has 3 N–H and O–H groups in total. The molecule has 0 bridgehead atoms. The highest BCUT2D eigenvalue weighted by Crippen LogP contribution is 2.26. The number of benzene rings is 2. The third-order valence-electron chi connectivity index (χ3n) is 5.28. The Balaban J connectivity index is 1.90. The molecule has 3 aromatic rings. The van der Waals surface area contributed by atoms with Gasteiger partial charge in [-0.3, -0.25) is 9.36 Å². The topological polar surface area (TPSA) is 127 Å². The van der Waals surface area contributed by atoms with Gasteiger partial charge in [0.1, 0.15) is 5.75 Å². The molecule has 0 aliphatic heterocycles. The van der Waals surface area contributed by atoms with Gasteiger partial charge in [-0.2, -0.15) is 18.2 Å². The molecule has 0 fully saturated rings. The summed E-state index contributed by atoms with van der Waals surface area (Å²) < 4.78 is 45.2. The van der Waals surface area contributed by atoms with Gasteiger partial charge in [-0.1, -0.05) is 23.7 Å². The van der Waals surface area contributed by atoms with Gasteiger partial charge < -0.3 is 20.5 Å². The summed E-state index contributed by atoms with van der Waals surface area (Å²) >= 11 is 5.94. The minimum Gasteiger partial charge on any atom is -0.481 e. The zero-order chi connectivity index (χ0) is 27.9. The number of nitrogens with zero attached hydrogens (tertiary/aromatic N) is 3. The van der Waals surface area contributed by atoms with Crippen LogP contribution in [0.5, 0.6) is 5.75 Å². The highest BCUT2D eigenvalue weighted by atomic mass is 35.5. The van der Waals surface area contributed by atoms with Crippen molar-refractivity contribution in [2.24, 2.45) is 0 Å². The van der Waals surface area contributed by atoms with Crippen LogP contribution in [0, 0.1) is 0 Å². The molecule has 3 rings (SSSR count). The first-order valence-electron chi connectivity index (χ1n) is 11.4. The number of ether oxygens (including phenoxy) is 1. The fraction of sp³-hybridized carbons (Fsp3) is 0.333. The van der Waals surface area contributed by atoms with Crippen LogP contribution < -0.4 is 26.7 Å². The molecule has 0 saturated heterocycles. The van der Waals surface area contributed by atoms with Crippen LogP contribution in [0.15, 0.2) is 58.1 Å². The Bertz CT molecular complexity index is 1360. The van der Waals surface area contributed by atoms with Gasteiger partial charge in [0.05, 0.1) is 13.2 Å². The van der Waals surface area contributed by atoms with Crippen molar-refractivity contribution in [1.29, 1.82) is 0 Å². The molecule has 204 valence electrons. The molecule has 0 radical (unpaired) electrons. The normalized spacial score (nSPS) is 12.2. The predicted molar refractivity (Wildman–Crippen MR) is 134 cm³/mol. The van der Waals surface area contributed by atoms with E-state index in [2.05, 4.69) is 15.6 Å². The highest BCUT2D eigenvalue weighted by molar-refractivity contribution is 6.30. The molecule has 2 aromatic carbocycles. The lowest BCUT2D eigenvalue weighted by Gasteiger charge is -2.18. The molecule has 0 aliphatic carbocycles. The van der Waals surface area contributed by atoms with Crippen molar-refractivity contribution >= 4 is 29.1 Å². The zero-order valence-electron chi connectivity index (χ0n) is 20.2. The van der Waals surface area contributed by atoms with Crippen LogP contribution >= 0.6 is 11.6 Å². The Morgan fingerprint density at radius 3 is 2.37 bits per heavy atom. The summed E-state index contributed by atoms with van der Waals surface area (Å²) in [5.41, 5.74) is -0.651. The summed E-state index contributed by atoms with van der Waals surface area (Å²) in [6.07, 6.45) is -6.73. The molecule has 0 aliphatic rings. The van der Waals surface area contributed by atoms with Crippen LogP contribution in [0.3, 0.4) is 0 Å². The minimum atomic E-state index is -4.53. The second kappa shape index (κ2) is 12.6. The lowest BCUT2D eigenvalue weighted by atomic mass is 10.2. The fourth-order valence-electron chi connectivity index (χ4n) is 3.24. The molecule has 10 nitrogen and oxygen atoms in total. The summed E-state index contributed by atoms with van der Waals surface area (Å²) in [6.45, 7) is 0.417. The molecule has 1 aromatic heterocycles. The lowest BCUT2D eigenvalue weighted by Crippen LogP contribution is -2.43. The summed E-state index contributed by atoms with van der Waals surface area (Å²) in [6, 6.07) is 12.1.